The average Bonchev–Trinajstić information content (AvgIpc) is 1.98. The quantitative estimate of drug-likeness (QED) is 0.421. The van der Waals surface area contributed by atoms with Crippen LogP contribution >= 0.6 is 0 Å². The molecule has 0 heterocycles. The van der Waals surface area contributed by atoms with Gasteiger partial charge in [0.1, 0.15) is 0 Å². The van der Waals surface area contributed by atoms with E-state index in [0.29, 0.717) is 6.61 Å². The van der Waals surface area contributed by atoms with Gasteiger partial charge in [-0.2, -0.15) is 0 Å². The van der Waals surface area contributed by atoms with E-state index in [1.54, 1.807) is 0 Å². The molecule has 0 fully saturated rings. The van der Waals surface area contributed by atoms with Gasteiger partial charge in [0.15, 0.2) is 0 Å². The Bertz CT molecular complexity index is 121. The Labute approximate surface area is 63.4 Å². The van der Waals surface area contributed by atoms with Crippen LogP contribution in [0.3, 0.4) is 0 Å². The SMILES string of the molecule is C=C=C(C)COCCCC. The lowest BCUT2D eigenvalue weighted by Gasteiger charge is -2.00. The minimum absolute atomic E-state index is 0.684. The molecule has 0 radical (unpaired) electrons. The summed E-state index contributed by atoms with van der Waals surface area (Å²) in [5.74, 6) is 0. The molecule has 0 aromatic heterocycles. The first-order valence-electron chi connectivity index (χ1n) is 3.74. The summed E-state index contributed by atoms with van der Waals surface area (Å²) in [7, 11) is 0. The van der Waals surface area contributed by atoms with E-state index >= 15 is 0 Å². The fourth-order valence-electron chi connectivity index (χ4n) is 0.523. The van der Waals surface area contributed by atoms with Gasteiger partial charge in [-0.15, -0.1) is 5.73 Å². The molecule has 0 aromatic rings. The molecule has 0 bridgehead atoms. The monoisotopic (exact) mass is 140 g/mol. The molecular formula is C9H16O. The second-order valence-electron chi connectivity index (χ2n) is 2.36. The molecule has 0 N–H and O–H groups in total. The highest BCUT2D eigenvalue weighted by Gasteiger charge is 1.87. The van der Waals surface area contributed by atoms with Crippen LogP contribution in [0.25, 0.3) is 0 Å². The van der Waals surface area contributed by atoms with Gasteiger partial charge in [0.05, 0.1) is 6.61 Å². The fourth-order valence-corrected chi connectivity index (χ4v) is 0.523. The van der Waals surface area contributed by atoms with Crippen LogP contribution in [0.15, 0.2) is 17.9 Å². The van der Waals surface area contributed by atoms with Crippen molar-refractivity contribution in [1.29, 1.82) is 0 Å². The second kappa shape index (κ2) is 6.60. The third kappa shape index (κ3) is 5.61. The van der Waals surface area contributed by atoms with Gasteiger partial charge in [0.25, 0.3) is 0 Å². The third-order valence-electron chi connectivity index (χ3n) is 1.26. The van der Waals surface area contributed by atoms with Crippen molar-refractivity contribution in [3.8, 4) is 0 Å². The van der Waals surface area contributed by atoms with Crippen LogP contribution in [0.2, 0.25) is 0 Å². The normalized spacial score (nSPS) is 9.00. The first kappa shape index (κ1) is 9.48. The van der Waals surface area contributed by atoms with Crippen LogP contribution in [-0.2, 0) is 4.74 Å². The predicted octanol–water partition coefficient (Wildman–Crippen LogP) is 2.53. The Morgan fingerprint density at radius 3 is 2.80 bits per heavy atom. The number of hydrogen-bond acceptors (Lipinski definition) is 1. The van der Waals surface area contributed by atoms with E-state index in [-0.39, 0.29) is 0 Å². The molecule has 0 aliphatic carbocycles. The third-order valence-corrected chi connectivity index (χ3v) is 1.26. The predicted molar refractivity (Wildman–Crippen MR) is 44.1 cm³/mol. The molecule has 0 aliphatic rings. The summed E-state index contributed by atoms with van der Waals surface area (Å²) in [6.07, 6.45) is 2.33. The van der Waals surface area contributed by atoms with Gasteiger partial charge < -0.3 is 4.74 Å². The lowest BCUT2D eigenvalue weighted by atomic mass is 10.3. The number of hydrogen-bond donors (Lipinski definition) is 0. The van der Waals surface area contributed by atoms with Gasteiger partial charge in [-0.3, -0.25) is 0 Å². The van der Waals surface area contributed by atoms with Crippen molar-refractivity contribution in [2.24, 2.45) is 0 Å². The largest absolute Gasteiger partial charge is 0.376 e. The van der Waals surface area contributed by atoms with Crippen LogP contribution < -0.4 is 0 Å². The topological polar surface area (TPSA) is 9.23 Å². The maximum atomic E-state index is 5.29. The minimum atomic E-state index is 0.684. The molecule has 0 aromatic carbocycles. The van der Waals surface area contributed by atoms with Gasteiger partial charge in [0.2, 0.25) is 0 Å². The molecule has 0 saturated carbocycles. The summed E-state index contributed by atoms with van der Waals surface area (Å²) >= 11 is 0. The molecule has 0 aliphatic heterocycles. The van der Waals surface area contributed by atoms with Crippen LogP contribution in [0.5, 0.6) is 0 Å². The van der Waals surface area contributed by atoms with Crippen molar-refractivity contribution in [1.82, 2.24) is 0 Å². The molecule has 58 valence electrons. The van der Waals surface area contributed by atoms with Crippen molar-refractivity contribution in [3.05, 3.63) is 17.9 Å². The van der Waals surface area contributed by atoms with Crippen LogP contribution in [0.4, 0.5) is 0 Å². The molecule has 0 unspecified atom stereocenters. The highest BCUT2D eigenvalue weighted by Crippen LogP contribution is 1.92. The molecule has 10 heavy (non-hydrogen) atoms. The summed E-state index contributed by atoms with van der Waals surface area (Å²) in [4.78, 5) is 0. The number of unbranched alkanes of at least 4 members (excludes halogenated alkanes) is 1. The van der Waals surface area contributed by atoms with Gasteiger partial charge in [-0.25, -0.2) is 0 Å². The molecule has 0 spiro atoms. The summed E-state index contributed by atoms with van der Waals surface area (Å²) < 4.78 is 5.29. The lowest BCUT2D eigenvalue weighted by Crippen LogP contribution is -1.96. The molecule has 0 atom stereocenters. The fraction of sp³-hybridized carbons (Fsp3) is 0.667. The van der Waals surface area contributed by atoms with E-state index in [0.717, 1.165) is 18.6 Å². The van der Waals surface area contributed by atoms with Crippen molar-refractivity contribution < 1.29 is 4.74 Å². The molecule has 0 saturated heterocycles. The number of rotatable bonds is 5. The zero-order valence-corrected chi connectivity index (χ0v) is 6.94. The Balaban J connectivity index is 3.12. The summed E-state index contributed by atoms with van der Waals surface area (Å²) in [6, 6.07) is 0. The Kier molecular flexibility index (Phi) is 6.25. The maximum Gasteiger partial charge on any atom is 0.0747 e. The van der Waals surface area contributed by atoms with Gasteiger partial charge in [-0.1, -0.05) is 19.9 Å². The van der Waals surface area contributed by atoms with Crippen LogP contribution in [-0.4, -0.2) is 13.2 Å². The van der Waals surface area contributed by atoms with E-state index in [1.807, 2.05) is 6.92 Å². The van der Waals surface area contributed by atoms with Crippen molar-refractivity contribution in [2.45, 2.75) is 26.7 Å². The molecular weight excluding hydrogens is 124 g/mol. The Hall–Kier alpha value is -0.520. The van der Waals surface area contributed by atoms with Gasteiger partial charge in [0, 0.05) is 6.61 Å². The van der Waals surface area contributed by atoms with Gasteiger partial charge in [-0.05, 0) is 18.9 Å². The second-order valence-corrected chi connectivity index (χ2v) is 2.36. The van der Waals surface area contributed by atoms with E-state index in [4.69, 9.17) is 4.74 Å². The van der Waals surface area contributed by atoms with Crippen molar-refractivity contribution >= 4 is 0 Å². The highest BCUT2D eigenvalue weighted by atomic mass is 16.5. The molecule has 0 rings (SSSR count). The van der Waals surface area contributed by atoms with Crippen molar-refractivity contribution in [2.75, 3.05) is 13.2 Å². The maximum absolute atomic E-state index is 5.29. The summed E-state index contributed by atoms with van der Waals surface area (Å²) in [5.41, 5.74) is 3.86. The zero-order valence-electron chi connectivity index (χ0n) is 6.94. The number of ether oxygens (including phenoxy) is 1. The standard InChI is InChI=1S/C9H16O/c1-4-6-7-10-8-9(3)5-2/h2,4,6-8H2,1,3H3. The molecule has 1 heteroatoms. The van der Waals surface area contributed by atoms with Crippen LogP contribution in [0.1, 0.15) is 26.7 Å². The smallest absolute Gasteiger partial charge is 0.0747 e. The lowest BCUT2D eigenvalue weighted by molar-refractivity contribution is 0.153. The molecule has 1 nitrogen and oxygen atoms in total. The zero-order chi connectivity index (χ0) is 7.82. The minimum Gasteiger partial charge on any atom is -0.376 e. The van der Waals surface area contributed by atoms with Crippen molar-refractivity contribution in [3.63, 3.8) is 0 Å². The van der Waals surface area contributed by atoms with E-state index in [9.17, 15) is 0 Å². The average molecular weight is 140 g/mol. The van der Waals surface area contributed by atoms with Gasteiger partial charge >= 0.3 is 0 Å². The summed E-state index contributed by atoms with van der Waals surface area (Å²) in [6.45, 7) is 9.18. The van der Waals surface area contributed by atoms with E-state index in [2.05, 4.69) is 19.2 Å². The first-order chi connectivity index (χ1) is 4.81. The Morgan fingerprint density at radius 1 is 1.60 bits per heavy atom. The summed E-state index contributed by atoms with van der Waals surface area (Å²) in [5, 5.41) is 0. The van der Waals surface area contributed by atoms with E-state index < -0.39 is 0 Å². The van der Waals surface area contributed by atoms with E-state index in [1.165, 1.54) is 6.42 Å². The highest BCUT2D eigenvalue weighted by molar-refractivity contribution is 4.93. The van der Waals surface area contributed by atoms with Crippen LogP contribution in [0, 0.1) is 0 Å². The first-order valence-corrected chi connectivity index (χ1v) is 3.74. The molecule has 0 amide bonds. The Morgan fingerprint density at radius 2 is 2.30 bits per heavy atom.